The first-order valence-corrected chi connectivity index (χ1v) is 10.5. The Morgan fingerprint density at radius 1 is 0.857 bits per heavy atom. The zero-order valence-electron chi connectivity index (χ0n) is 17.2. The summed E-state index contributed by atoms with van der Waals surface area (Å²) in [6.07, 6.45) is 2.27. The van der Waals surface area contributed by atoms with Gasteiger partial charge in [0.05, 0.1) is 0 Å². The van der Waals surface area contributed by atoms with E-state index in [2.05, 4.69) is 54.0 Å². The van der Waals surface area contributed by atoms with E-state index < -0.39 is 0 Å². The molecule has 0 radical (unpaired) electrons. The van der Waals surface area contributed by atoms with Crippen LogP contribution in [0.5, 0.6) is 0 Å². The normalized spacial score (nSPS) is 17.9. The molecule has 2 aromatic carbocycles. The van der Waals surface area contributed by atoms with E-state index in [9.17, 15) is 4.79 Å². The maximum Gasteiger partial charge on any atom is 0.253 e. The molecule has 2 fully saturated rings. The number of rotatable bonds is 4. The zero-order chi connectivity index (χ0) is 19.5. The Morgan fingerprint density at radius 2 is 1.54 bits per heavy atom. The molecule has 0 aliphatic carbocycles. The van der Waals surface area contributed by atoms with Crippen molar-refractivity contribution in [2.45, 2.75) is 33.2 Å². The van der Waals surface area contributed by atoms with Gasteiger partial charge in [-0.05, 0) is 61.6 Å². The molecule has 0 aromatic heterocycles. The number of aryl methyl sites for hydroxylation is 1. The number of hydrogen-bond acceptors (Lipinski definition) is 3. The summed E-state index contributed by atoms with van der Waals surface area (Å²) in [5.74, 6) is 0.186. The summed E-state index contributed by atoms with van der Waals surface area (Å²) in [4.78, 5) is 19.5. The highest BCUT2D eigenvalue weighted by molar-refractivity contribution is 5.94. The Balaban J connectivity index is 1.32. The molecule has 0 saturated carbocycles. The first-order valence-electron chi connectivity index (χ1n) is 10.5. The predicted octanol–water partition coefficient (Wildman–Crippen LogP) is 3.86. The van der Waals surface area contributed by atoms with Gasteiger partial charge < -0.3 is 9.80 Å². The van der Waals surface area contributed by atoms with Gasteiger partial charge in [0.2, 0.25) is 0 Å². The van der Waals surface area contributed by atoms with Crippen LogP contribution in [0.25, 0.3) is 0 Å². The molecular formula is C24H31N3O. The van der Waals surface area contributed by atoms with E-state index in [4.69, 9.17) is 0 Å². The van der Waals surface area contributed by atoms with E-state index in [0.29, 0.717) is 0 Å². The second-order valence-corrected chi connectivity index (χ2v) is 8.18. The molecule has 0 atom stereocenters. The lowest BCUT2D eigenvalue weighted by Gasteiger charge is -2.37. The van der Waals surface area contributed by atoms with E-state index in [1.807, 2.05) is 17.0 Å². The van der Waals surface area contributed by atoms with E-state index in [1.54, 1.807) is 0 Å². The van der Waals surface area contributed by atoms with E-state index in [0.717, 1.165) is 64.2 Å². The predicted molar refractivity (Wildman–Crippen MR) is 115 cm³/mol. The fourth-order valence-electron chi connectivity index (χ4n) is 4.34. The molecule has 4 rings (SSSR count). The Kier molecular flexibility index (Phi) is 5.67. The highest BCUT2D eigenvalue weighted by Crippen LogP contribution is 2.24. The van der Waals surface area contributed by atoms with Gasteiger partial charge in [-0.15, -0.1) is 0 Å². The monoisotopic (exact) mass is 377 g/mol. The number of piperazine rings is 1. The molecule has 1 amide bonds. The van der Waals surface area contributed by atoms with Crippen molar-refractivity contribution in [2.24, 2.45) is 0 Å². The van der Waals surface area contributed by atoms with Gasteiger partial charge in [0.1, 0.15) is 0 Å². The highest BCUT2D eigenvalue weighted by atomic mass is 16.2. The van der Waals surface area contributed by atoms with Gasteiger partial charge in [-0.3, -0.25) is 9.69 Å². The standard InChI is InChI=1S/C24H31N3O/c1-19-6-5-7-23(20(19)2)26-16-14-25(15-17-26)18-21-8-10-22(11-9-21)24(28)27-12-3-4-13-27/h5-11H,3-4,12-18H2,1-2H3. The summed E-state index contributed by atoms with van der Waals surface area (Å²) in [5.41, 5.74) is 6.26. The van der Waals surface area contributed by atoms with Crippen molar-refractivity contribution in [1.82, 2.24) is 9.80 Å². The fourth-order valence-corrected chi connectivity index (χ4v) is 4.34. The molecule has 0 N–H and O–H groups in total. The number of hydrogen-bond donors (Lipinski definition) is 0. The average Bonchev–Trinajstić information content (AvgIpc) is 3.26. The van der Waals surface area contributed by atoms with E-state index >= 15 is 0 Å². The number of carbonyl (C=O) groups excluding carboxylic acids is 1. The molecule has 0 bridgehead atoms. The first-order chi connectivity index (χ1) is 13.6. The summed E-state index contributed by atoms with van der Waals surface area (Å²) in [7, 11) is 0. The molecule has 2 saturated heterocycles. The molecule has 4 nitrogen and oxygen atoms in total. The van der Waals surface area contributed by atoms with Crippen LogP contribution in [-0.2, 0) is 6.54 Å². The van der Waals surface area contributed by atoms with Gasteiger partial charge in [-0.2, -0.15) is 0 Å². The lowest BCUT2D eigenvalue weighted by atomic mass is 10.1. The maximum atomic E-state index is 12.5. The molecule has 2 heterocycles. The molecule has 2 aromatic rings. The molecular weight excluding hydrogens is 346 g/mol. The molecule has 2 aliphatic heterocycles. The van der Waals surface area contributed by atoms with E-state index in [-0.39, 0.29) is 5.91 Å². The summed E-state index contributed by atoms with van der Waals surface area (Å²) in [6, 6.07) is 14.8. The largest absolute Gasteiger partial charge is 0.369 e. The maximum absolute atomic E-state index is 12.5. The van der Waals surface area contributed by atoms with Crippen LogP contribution >= 0.6 is 0 Å². The van der Waals surface area contributed by atoms with E-state index in [1.165, 1.54) is 22.4 Å². The van der Waals surface area contributed by atoms with Gasteiger partial charge in [-0.1, -0.05) is 24.3 Å². The number of likely N-dealkylation sites (tertiary alicyclic amines) is 1. The van der Waals surface area contributed by atoms with Crippen molar-refractivity contribution in [3.8, 4) is 0 Å². The van der Waals surface area contributed by atoms with Crippen LogP contribution < -0.4 is 4.90 Å². The number of amides is 1. The third-order valence-corrected chi connectivity index (χ3v) is 6.29. The molecule has 0 unspecified atom stereocenters. The lowest BCUT2D eigenvalue weighted by molar-refractivity contribution is 0.0793. The minimum Gasteiger partial charge on any atom is -0.369 e. The van der Waals surface area contributed by atoms with Crippen molar-refractivity contribution in [1.29, 1.82) is 0 Å². The van der Waals surface area contributed by atoms with Crippen molar-refractivity contribution < 1.29 is 4.79 Å². The molecule has 28 heavy (non-hydrogen) atoms. The Labute approximate surface area is 168 Å². The minimum absolute atomic E-state index is 0.186. The van der Waals surface area contributed by atoms with Crippen LogP contribution in [0.1, 0.15) is 39.9 Å². The van der Waals surface area contributed by atoms with Gasteiger partial charge in [0, 0.05) is 57.1 Å². The Morgan fingerprint density at radius 3 is 2.21 bits per heavy atom. The summed E-state index contributed by atoms with van der Waals surface area (Å²) in [6.45, 7) is 11.5. The number of nitrogens with zero attached hydrogens (tertiary/aromatic N) is 3. The Hall–Kier alpha value is -2.33. The van der Waals surface area contributed by atoms with Crippen LogP contribution in [0.3, 0.4) is 0 Å². The van der Waals surface area contributed by atoms with Crippen LogP contribution in [0, 0.1) is 13.8 Å². The molecule has 0 spiro atoms. The SMILES string of the molecule is Cc1cccc(N2CCN(Cc3ccc(C(=O)N4CCCC4)cc3)CC2)c1C. The lowest BCUT2D eigenvalue weighted by Crippen LogP contribution is -2.46. The van der Waals surface area contributed by atoms with Crippen molar-refractivity contribution in [2.75, 3.05) is 44.2 Å². The third kappa shape index (κ3) is 4.07. The number of anilines is 1. The van der Waals surface area contributed by atoms with Crippen LogP contribution in [-0.4, -0.2) is 55.0 Å². The minimum atomic E-state index is 0.186. The van der Waals surface area contributed by atoms with Crippen molar-refractivity contribution in [3.05, 3.63) is 64.7 Å². The summed E-state index contributed by atoms with van der Waals surface area (Å²) >= 11 is 0. The third-order valence-electron chi connectivity index (χ3n) is 6.29. The summed E-state index contributed by atoms with van der Waals surface area (Å²) in [5, 5.41) is 0. The van der Waals surface area contributed by atoms with Crippen molar-refractivity contribution >= 4 is 11.6 Å². The van der Waals surface area contributed by atoms with Crippen LogP contribution in [0.4, 0.5) is 5.69 Å². The molecule has 2 aliphatic rings. The Bertz CT molecular complexity index is 816. The second kappa shape index (κ2) is 8.36. The molecule has 148 valence electrons. The van der Waals surface area contributed by atoms with Gasteiger partial charge in [0.25, 0.3) is 5.91 Å². The summed E-state index contributed by atoms with van der Waals surface area (Å²) < 4.78 is 0. The van der Waals surface area contributed by atoms with Crippen LogP contribution in [0.2, 0.25) is 0 Å². The number of benzene rings is 2. The zero-order valence-corrected chi connectivity index (χ0v) is 17.2. The average molecular weight is 378 g/mol. The van der Waals surface area contributed by atoms with Crippen LogP contribution in [0.15, 0.2) is 42.5 Å². The van der Waals surface area contributed by atoms with Gasteiger partial charge in [0.15, 0.2) is 0 Å². The van der Waals surface area contributed by atoms with Gasteiger partial charge >= 0.3 is 0 Å². The van der Waals surface area contributed by atoms with Crippen molar-refractivity contribution in [3.63, 3.8) is 0 Å². The smallest absolute Gasteiger partial charge is 0.253 e. The first kappa shape index (κ1) is 19.0. The quantitative estimate of drug-likeness (QED) is 0.809. The second-order valence-electron chi connectivity index (χ2n) is 8.18. The number of carbonyl (C=O) groups is 1. The molecule has 4 heteroatoms. The fraction of sp³-hybridized carbons (Fsp3) is 0.458. The topological polar surface area (TPSA) is 26.8 Å². The highest BCUT2D eigenvalue weighted by Gasteiger charge is 2.21. The van der Waals surface area contributed by atoms with Gasteiger partial charge in [-0.25, -0.2) is 0 Å².